The first-order valence-electron chi connectivity index (χ1n) is 9.62. The summed E-state index contributed by atoms with van der Waals surface area (Å²) >= 11 is 0. The molecule has 3 N–H and O–H groups in total. The number of nitrogens with zero attached hydrogens (tertiary/aromatic N) is 3. The van der Waals surface area contributed by atoms with E-state index in [1.54, 1.807) is 24.5 Å². The molecule has 31 heavy (non-hydrogen) atoms. The average Bonchev–Trinajstić information content (AvgIpc) is 3.20. The first kappa shape index (κ1) is 22.0. The SMILES string of the molecule is CC(C)NC(=O)COc1cccc(-c2nccc(Nc3ccc4[nH]ncc4c3)n2)c1.Cl. The van der Waals surface area contributed by atoms with E-state index in [-0.39, 0.29) is 31.0 Å². The van der Waals surface area contributed by atoms with E-state index in [1.807, 2.05) is 50.2 Å². The van der Waals surface area contributed by atoms with Gasteiger partial charge < -0.3 is 15.4 Å². The molecule has 0 fully saturated rings. The number of rotatable bonds is 7. The summed E-state index contributed by atoms with van der Waals surface area (Å²) in [5.41, 5.74) is 2.68. The third kappa shape index (κ3) is 5.70. The Labute approximate surface area is 185 Å². The van der Waals surface area contributed by atoms with Crippen LogP contribution in [0.2, 0.25) is 0 Å². The standard InChI is InChI=1S/C22H22N6O2.ClH/c1-14(2)25-21(29)13-30-18-5-3-4-15(11-18)22-23-9-8-20(27-22)26-17-6-7-19-16(10-17)12-24-28-19;/h3-12,14H,13H2,1-2H3,(H,24,28)(H,25,29)(H,23,26,27);1H. The summed E-state index contributed by atoms with van der Waals surface area (Å²) in [4.78, 5) is 20.8. The number of fused-ring (bicyclic) bond motifs is 1. The molecule has 0 atom stereocenters. The molecule has 2 aromatic heterocycles. The highest BCUT2D eigenvalue weighted by Gasteiger charge is 2.08. The molecule has 8 nitrogen and oxygen atoms in total. The van der Waals surface area contributed by atoms with Gasteiger partial charge in [0.05, 0.1) is 11.7 Å². The number of aromatic nitrogens is 4. The maximum atomic E-state index is 11.8. The van der Waals surface area contributed by atoms with E-state index in [4.69, 9.17) is 4.74 Å². The predicted molar refractivity (Wildman–Crippen MR) is 123 cm³/mol. The minimum absolute atomic E-state index is 0. The fraction of sp³-hybridized carbons (Fsp3) is 0.182. The van der Waals surface area contributed by atoms with E-state index >= 15 is 0 Å². The average molecular weight is 439 g/mol. The summed E-state index contributed by atoms with van der Waals surface area (Å²) < 4.78 is 5.60. The molecule has 0 radical (unpaired) electrons. The van der Waals surface area contributed by atoms with E-state index in [1.165, 1.54) is 0 Å². The van der Waals surface area contributed by atoms with Crippen molar-refractivity contribution in [2.75, 3.05) is 11.9 Å². The Morgan fingerprint density at radius 2 is 2.03 bits per heavy atom. The molecule has 160 valence electrons. The van der Waals surface area contributed by atoms with Crippen molar-refractivity contribution in [3.63, 3.8) is 0 Å². The number of benzene rings is 2. The highest BCUT2D eigenvalue weighted by Crippen LogP contribution is 2.24. The molecule has 0 aliphatic heterocycles. The summed E-state index contributed by atoms with van der Waals surface area (Å²) in [5.74, 6) is 1.65. The number of carbonyl (C=O) groups is 1. The Hall–Kier alpha value is -3.65. The third-order valence-corrected chi connectivity index (χ3v) is 4.28. The lowest BCUT2D eigenvalue weighted by Gasteiger charge is -2.11. The third-order valence-electron chi connectivity index (χ3n) is 4.28. The molecule has 1 amide bonds. The molecule has 0 saturated heterocycles. The summed E-state index contributed by atoms with van der Waals surface area (Å²) in [7, 11) is 0. The van der Waals surface area contributed by atoms with E-state index in [0.29, 0.717) is 17.4 Å². The van der Waals surface area contributed by atoms with Gasteiger partial charge in [0.1, 0.15) is 11.6 Å². The van der Waals surface area contributed by atoms with Crippen molar-refractivity contribution in [3.8, 4) is 17.1 Å². The summed E-state index contributed by atoms with van der Waals surface area (Å²) in [6, 6.07) is 15.2. The molecule has 9 heteroatoms. The van der Waals surface area contributed by atoms with Crippen molar-refractivity contribution in [3.05, 3.63) is 60.9 Å². The molecule has 0 aliphatic carbocycles. The fourth-order valence-corrected chi connectivity index (χ4v) is 2.97. The number of hydrogen-bond acceptors (Lipinski definition) is 6. The zero-order chi connectivity index (χ0) is 20.9. The molecule has 0 saturated carbocycles. The monoisotopic (exact) mass is 438 g/mol. The molecule has 2 heterocycles. The number of aromatic amines is 1. The minimum atomic E-state index is -0.160. The van der Waals surface area contributed by atoms with Gasteiger partial charge in [-0.1, -0.05) is 12.1 Å². The molecule has 2 aromatic carbocycles. The van der Waals surface area contributed by atoms with Crippen LogP contribution in [-0.4, -0.2) is 38.7 Å². The zero-order valence-corrected chi connectivity index (χ0v) is 17.9. The van der Waals surface area contributed by atoms with Crippen molar-refractivity contribution in [1.82, 2.24) is 25.5 Å². The van der Waals surface area contributed by atoms with Gasteiger partial charge in [0.2, 0.25) is 0 Å². The number of amides is 1. The molecular weight excluding hydrogens is 416 g/mol. The predicted octanol–water partition coefficient (Wildman–Crippen LogP) is 4.09. The van der Waals surface area contributed by atoms with Crippen LogP contribution in [0.25, 0.3) is 22.3 Å². The van der Waals surface area contributed by atoms with Gasteiger partial charge >= 0.3 is 0 Å². The normalized spacial score (nSPS) is 10.5. The van der Waals surface area contributed by atoms with Crippen LogP contribution in [-0.2, 0) is 4.79 Å². The topological polar surface area (TPSA) is 105 Å². The first-order chi connectivity index (χ1) is 14.6. The number of H-pyrrole nitrogens is 1. The van der Waals surface area contributed by atoms with Crippen molar-refractivity contribution in [1.29, 1.82) is 0 Å². The first-order valence-corrected chi connectivity index (χ1v) is 9.62. The van der Waals surface area contributed by atoms with Crippen LogP contribution in [0, 0.1) is 0 Å². The number of carbonyl (C=O) groups excluding carboxylic acids is 1. The van der Waals surface area contributed by atoms with Crippen molar-refractivity contribution in [2.45, 2.75) is 19.9 Å². The van der Waals surface area contributed by atoms with E-state index in [2.05, 4.69) is 30.8 Å². The Bertz CT molecular complexity index is 1180. The maximum Gasteiger partial charge on any atom is 0.258 e. The van der Waals surface area contributed by atoms with Crippen molar-refractivity contribution >= 4 is 40.7 Å². The van der Waals surface area contributed by atoms with Gasteiger partial charge in [-0.15, -0.1) is 12.4 Å². The van der Waals surface area contributed by atoms with Gasteiger partial charge in [0, 0.05) is 28.9 Å². The van der Waals surface area contributed by atoms with Crippen LogP contribution < -0.4 is 15.4 Å². The smallest absolute Gasteiger partial charge is 0.258 e. The van der Waals surface area contributed by atoms with Crippen LogP contribution in [0.3, 0.4) is 0 Å². The highest BCUT2D eigenvalue weighted by atomic mass is 35.5. The van der Waals surface area contributed by atoms with E-state index < -0.39 is 0 Å². The van der Waals surface area contributed by atoms with Crippen molar-refractivity contribution < 1.29 is 9.53 Å². The number of nitrogens with one attached hydrogen (secondary N) is 3. The Morgan fingerprint density at radius 1 is 1.16 bits per heavy atom. The number of anilines is 2. The largest absolute Gasteiger partial charge is 0.484 e. The van der Waals surface area contributed by atoms with Crippen LogP contribution in [0.1, 0.15) is 13.8 Å². The molecule has 0 aliphatic rings. The molecular formula is C22H23ClN6O2. The van der Waals surface area contributed by atoms with Gasteiger partial charge in [-0.3, -0.25) is 9.89 Å². The van der Waals surface area contributed by atoms with Gasteiger partial charge in [-0.25, -0.2) is 9.97 Å². The second kappa shape index (κ2) is 9.90. The van der Waals surface area contributed by atoms with E-state index in [0.717, 1.165) is 22.2 Å². The van der Waals surface area contributed by atoms with Crippen LogP contribution >= 0.6 is 12.4 Å². The fourth-order valence-electron chi connectivity index (χ4n) is 2.97. The second-order valence-corrected chi connectivity index (χ2v) is 7.10. The lowest BCUT2D eigenvalue weighted by Crippen LogP contribution is -2.34. The Kier molecular flexibility index (Phi) is 7.04. The number of ether oxygens (including phenoxy) is 1. The molecule has 0 spiro atoms. The molecule has 4 rings (SSSR count). The van der Waals surface area contributed by atoms with E-state index in [9.17, 15) is 4.79 Å². The van der Waals surface area contributed by atoms with Crippen molar-refractivity contribution in [2.24, 2.45) is 0 Å². The van der Waals surface area contributed by atoms with Crippen LogP contribution in [0.4, 0.5) is 11.5 Å². The molecule has 0 unspecified atom stereocenters. The second-order valence-electron chi connectivity index (χ2n) is 7.10. The summed E-state index contributed by atoms with van der Waals surface area (Å²) in [6.45, 7) is 3.77. The number of hydrogen-bond donors (Lipinski definition) is 3. The Morgan fingerprint density at radius 3 is 2.87 bits per heavy atom. The van der Waals surface area contributed by atoms with Crippen LogP contribution in [0.15, 0.2) is 60.9 Å². The van der Waals surface area contributed by atoms with Gasteiger partial charge in [-0.2, -0.15) is 5.10 Å². The van der Waals surface area contributed by atoms with Gasteiger partial charge in [0.25, 0.3) is 5.91 Å². The highest BCUT2D eigenvalue weighted by molar-refractivity contribution is 5.85. The van der Waals surface area contributed by atoms with Gasteiger partial charge in [-0.05, 0) is 50.2 Å². The van der Waals surface area contributed by atoms with Gasteiger partial charge in [0.15, 0.2) is 12.4 Å². The molecule has 0 bridgehead atoms. The van der Waals surface area contributed by atoms with Crippen LogP contribution in [0.5, 0.6) is 5.75 Å². The lowest BCUT2D eigenvalue weighted by atomic mass is 10.2. The Balaban J connectivity index is 0.00000272. The quantitative estimate of drug-likeness (QED) is 0.401. The minimum Gasteiger partial charge on any atom is -0.484 e. The lowest BCUT2D eigenvalue weighted by molar-refractivity contribution is -0.123. The molecule has 4 aromatic rings. The zero-order valence-electron chi connectivity index (χ0n) is 17.1. The summed E-state index contributed by atoms with van der Waals surface area (Å²) in [5, 5.41) is 14.1. The number of halogens is 1. The summed E-state index contributed by atoms with van der Waals surface area (Å²) in [6.07, 6.45) is 3.48. The maximum absolute atomic E-state index is 11.8.